The summed E-state index contributed by atoms with van der Waals surface area (Å²) >= 11 is 0. The van der Waals surface area contributed by atoms with Crippen molar-refractivity contribution in [3.63, 3.8) is 0 Å². The second kappa shape index (κ2) is 7.19. The van der Waals surface area contributed by atoms with E-state index in [9.17, 15) is 13.5 Å². The predicted molar refractivity (Wildman–Crippen MR) is 100 cm³/mol. The minimum absolute atomic E-state index is 0.164. The third-order valence-electron chi connectivity index (χ3n) is 4.84. The lowest BCUT2D eigenvalue weighted by molar-refractivity contribution is 0.0769. The average Bonchev–Trinajstić information content (AvgIpc) is 2.71. The van der Waals surface area contributed by atoms with Crippen LogP contribution in [-0.4, -0.2) is 33.8 Å². The van der Waals surface area contributed by atoms with Gasteiger partial charge < -0.3 is 5.11 Å². The van der Waals surface area contributed by atoms with E-state index in [0.717, 1.165) is 11.1 Å². The molecule has 0 saturated heterocycles. The van der Waals surface area contributed by atoms with Crippen LogP contribution in [0.25, 0.3) is 0 Å². The summed E-state index contributed by atoms with van der Waals surface area (Å²) in [4.78, 5) is 8.16. The van der Waals surface area contributed by atoms with Gasteiger partial charge in [0.15, 0.2) is 0 Å². The molecule has 0 bridgehead atoms. The number of benzene rings is 1. The van der Waals surface area contributed by atoms with Crippen molar-refractivity contribution < 1.29 is 13.5 Å². The third-order valence-corrected chi connectivity index (χ3v) is 6.79. The van der Waals surface area contributed by atoms with Gasteiger partial charge in [-0.25, -0.2) is 8.42 Å². The summed E-state index contributed by atoms with van der Waals surface area (Å²) in [5.74, 6) is 0. The lowest BCUT2D eigenvalue weighted by Crippen LogP contribution is -2.48. The molecule has 3 aromatic rings. The number of aliphatic hydroxyl groups excluding tert-OH is 1. The van der Waals surface area contributed by atoms with Gasteiger partial charge in [0.2, 0.25) is 10.0 Å². The Bertz CT molecular complexity index is 1030. The topological polar surface area (TPSA) is 83.4 Å². The van der Waals surface area contributed by atoms with Gasteiger partial charge in [-0.2, -0.15) is 4.31 Å². The second-order valence-electron chi connectivity index (χ2n) is 6.52. The van der Waals surface area contributed by atoms with Crippen molar-refractivity contribution in [2.24, 2.45) is 0 Å². The zero-order valence-electron chi connectivity index (χ0n) is 14.5. The van der Waals surface area contributed by atoms with E-state index < -0.39 is 22.2 Å². The van der Waals surface area contributed by atoms with Crippen LogP contribution < -0.4 is 0 Å². The number of sulfonamides is 1. The van der Waals surface area contributed by atoms with Gasteiger partial charge in [0, 0.05) is 36.9 Å². The Morgan fingerprint density at radius 2 is 1.48 bits per heavy atom. The average molecular weight is 381 g/mol. The van der Waals surface area contributed by atoms with Gasteiger partial charge in [0.05, 0.1) is 17.0 Å². The number of fused-ring (bicyclic) bond motifs is 1. The molecule has 7 heteroatoms. The van der Waals surface area contributed by atoms with Gasteiger partial charge in [-0.1, -0.05) is 18.2 Å². The van der Waals surface area contributed by atoms with E-state index in [2.05, 4.69) is 9.97 Å². The first-order valence-electron chi connectivity index (χ1n) is 8.64. The van der Waals surface area contributed by atoms with Crippen LogP contribution >= 0.6 is 0 Å². The molecule has 0 amide bonds. The molecule has 0 unspecified atom stereocenters. The van der Waals surface area contributed by atoms with Crippen LogP contribution in [0.15, 0.2) is 78.2 Å². The molecule has 1 N–H and O–H groups in total. The molecule has 2 atom stereocenters. The van der Waals surface area contributed by atoms with Crippen LogP contribution in [0.2, 0.25) is 0 Å². The third kappa shape index (κ3) is 3.37. The summed E-state index contributed by atoms with van der Waals surface area (Å²) in [6.07, 6.45) is 6.07. The zero-order chi connectivity index (χ0) is 18.9. The maximum absolute atomic E-state index is 13.3. The summed E-state index contributed by atoms with van der Waals surface area (Å²) in [6, 6.07) is 13.3. The van der Waals surface area contributed by atoms with Crippen molar-refractivity contribution >= 4 is 10.0 Å². The van der Waals surface area contributed by atoms with Crippen LogP contribution in [0.4, 0.5) is 0 Å². The molecule has 0 fully saturated rings. The van der Waals surface area contributed by atoms with E-state index >= 15 is 0 Å². The lowest BCUT2D eigenvalue weighted by atomic mass is 9.95. The molecular formula is C20H19N3O3S. The fraction of sp³-hybridized carbons (Fsp3) is 0.200. The minimum atomic E-state index is -3.75. The molecule has 0 radical (unpaired) electrons. The maximum atomic E-state index is 13.3. The molecule has 138 valence electrons. The fourth-order valence-electron chi connectivity index (χ4n) is 3.47. The van der Waals surface area contributed by atoms with Gasteiger partial charge in [-0.05, 0) is 47.9 Å². The van der Waals surface area contributed by atoms with E-state index in [1.807, 2.05) is 12.1 Å². The Morgan fingerprint density at radius 1 is 0.889 bits per heavy atom. The molecule has 4 rings (SSSR count). The van der Waals surface area contributed by atoms with Crippen molar-refractivity contribution in [1.82, 2.24) is 14.3 Å². The van der Waals surface area contributed by atoms with Crippen LogP contribution in [0.5, 0.6) is 0 Å². The van der Waals surface area contributed by atoms with Gasteiger partial charge >= 0.3 is 0 Å². The van der Waals surface area contributed by atoms with E-state index in [1.54, 1.807) is 61.2 Å². The highest BCUT2D eigenvalue weighted by Crippen LogP contribution is 2.38. The highest BCUT2D eigenvalue weighted by atomic mass is 32.2. The van der Waals surface area contributed by atoms with Crippen molar-refractivity contribution in [2.75, 3.05) is 0 Å². The minimum Gasteiger partial charge on any atom is -0.387 e. The van der Waals surface area contributed by atoms with Crippen molar-refractivity contribution in [3.8, 4) is 0 Å². The summed E-state index contributed by atoms with van der Waals surface area (Å²) in [5.41, 5.74) is 2.19. The summed E-state index contributed by atoms with van der Waals surface area (Å²) in [7, 11) is -3.75. The molecule has 6 nitrogen and oxygen atoms in total. The van der Waals surface area contributed by atoms with Crippen molar-refractivity contribution in [3.05, 3.63) is 90.0 Å². The first-order valence-corrected chi connectivity index (χ1v) is 10.1. The van der Waals surface area contributed by atoms with Crippen LogP contribution in [0.1, 0.15) is 22.8 Å². The first kappa shape index (κ1) is 17.8. The zero-order valence-corrected chi connectivity index (χ0v) is 15.3. The molecule has 0 spiro atoms. The number of rotatable bonds is 4. The highest BCUT2D eigenvalue weighted by Gasteiger charge is 2.43. The Hall–Kier alpha value is -2.61. The Kier molecular flexibility index (Phi) is 4.73. The van der Waals surface area contributed by atoms with Crippen molar-refractivity contribution in [1.29, 1.82) is 0 Å². The van der Waals surface area contributed by atoms with Crippen LogP contribution in [0.3, 0.4) is 0 Å². The van der Waals surface area contributed by atoms with Gasteiger partial charge in [0.25, 0.3) is 0 Å². The lowest BCUT2D eigenvalue weighted by Gasteiger charge is -2.39. The molecule has 3 heterocycles. The SMILES string of the molecule is O=S1(=O)c2ccccc2[C@@H](O)[C@@H](Cc2ccncc2)N1Cc1ccncc1. The van der Waals surface area contributed by atoms with Gasteiger partial charge in [-0.3, -0.25) is 9.97 Å². The standard InChI is InChI=1S/C20H19N3O3S/c24-20-17-3-1-2-4-19(17)27(25,26)23(14-16-7-11-22-12-8-16)18(20)13-15-5-9-21-10-6-15/h1-12,18,20,24H,13-14H2/t18-,20-/m1/s1. The Labute approximate surface area is 158 Å². The van der Waals surface area contributed by atoms with Gasteiger partial charge in [0.1, 0.15) is 0 Å². The van der Waals surface area contributed by atoms with E-state index in [0.29, 0.717) is 12.0 Å². The van der Waals surface area contributed by atoms with Crippen LogP contribution in [0, 0.1) is 0 Å². The smallest absolute Gasteiger partial charge is 0.244 e. The van der Waals surface area contributed by atoms with E-state index in [-0.39, 0.29) is 11.4 Å². The molecule has 2 aromatic heterocycles. The molecule has 1 aliphatic rings. The quantitative estimate of drug-likeness (QED) is 0.750. The Balaban J connectivity index is 1.80. The number of hydrogen-bond acceptors (Lipinski definition) is 5. The predicted octanol–water partition coefficient (Wildman–Crippen LogP) is 2.33. The number of aromatic nitrogens is 2. The Morgan fingerprint density at radius 3 is 2.15 bits per heavy atom. The molecule has 27 heavy (non-hydrogen) atoms. The summed E-state index contributed by atoms with van der Waals surface area (Å²) < 4.78 is 28.1. The highest BCUT2D eigenvalue weighted by molar-refractivity contribution is 7.89. The molecular weight excluding hydrogens is 362 g/mol. The van der Waals surface area contributed by atoms with E-state index in [1.165, 1.54) is 4.31 Å². The maximum Gasteiger partial charge on any atom is 0.244 e. The molecule has 1 aromatic carbocycles. The molecule has 0 saturated carbocycles. The number of nitrogens with zero attached hydrogens (tertiary/aromatic N) is 3. The molecule has 1 aliphatic heterocycles. The normalized spacial score (nSPS) is 21.5. The number of hydrogen-bond donors (Lipinski definition) is 1. The van der Waals surface area contributed by atoms with Crippen molar-refractivity contribution in [2.45, 2.75) is 30.0 Å². The summed E-state index contributed by atoms with van der Waals surface area (Å²) in [5, 5.41) is 11.0. The molecule has 0 aliphatic carbocycles. The number of aliphatic hydroxyl groups is 1. The second-order valence-corrected chi connectivity index (χ2v) is 8.37. The largest absolute Gasteiger partial charge is 0.387 e. The fourth-order valence-corrected chi connectivity index (χ4v) is 5.33. The first-order chi connectivity index (χ1) is 13.1. The van der Waals surface area contributed by atoms with Crippen LogP contribution in [-0.2, 0) is 23.0 Å². The summed E-state index contributed by atoms with van der Waals surface area (Å²) in [6.45, 7) is 0.173. The van der Waals surface area contributed by atoms with E-state index in [4.69, 9.17) is 0 Å². The monoisotopic (exact) mass is 381 g/mol. The van der Waals surface area contributed by atoms with Gasteiger partial charge in [-0.15, -0.1) is 0 Å². The number of pyridine rings is 2.